The normalized spacial score (nSPS) is 35.5. The maximum Gasteiger partial charge on any atom is 0.0211 e. The van der Waals surface area contributed by atoms with E-state index in [-0.39, 0.29) is 0 Å². The number of nitrogens with zero attached hydrogens (tertiary/aromatic N) is 1. The monoisotopic (exact) mass is 153 g/mol. The molecule has 1 atom stereocenters. The van der Waals surface area contributed by atoms with E-state index in [1.807, 2.05) is 0 Å². The molecule has 0 amide bonds. The van der Waals surface area contributed by atoms with Gasteiger partial charge in [-0.15, -0.1) is 0 Å². The van der Waals surface area contributed by atoms with Gasteiger partial charge in [-0.2, -0.15) is 0 Å². The van der Waals surface area contributed by atoms with Gasteiger partial charge in [0.2, 0.25) is 0 Å². The van der Waals surface area contributed by atoms with Crippen molar-refractivity contribution in [1.82, 2.24) is 4.90 Å². The molecule has 0 aromatic carbocycles. The van der Waals surface area contributed by atoms with Gasteiger partial charge in [-0.1, -0.05) is 13.8 Å². The summed E-state index contributed by atoms with van der Waals surface area (Å²) in [4.78, 5) is 2.59. The van der Waals surface area contributed by atoms with Gasteiger partial charge in [0.15, 0.2) is 0 Å². The minimum absolute atomic E-state index is 0.689. The van der Waals surface area contributed by atoms with E-state index >= 15 is 0 Å². The first-order valence-electron chi connectivity index (χ1n) is 4.85. The highest BCUT2D eigenvalue weighted by molar-refractivity contribution is 5.08. The fourth-order valence-electron chi connectivity index (χ4n) is 2.43. The molecule has 0 bridgehead atoms. The maximum absolute atomic E-state index is 2.59. The van der Waals surface area contributed by atoms with Crippen molar-refractivity contribution in [1.29, 1.82) is 0 Å². The maximum atomic E-state index is 2.59. The first-order chi connectivity index (χ1) is 5.14. The molecule has 1 spiro atoms. The summed E-state index contributed by atoms with van der Waals surface area (Å²) in [5.74, 6) is 1.86. The topological polar surface area (TPSA) is 3.24 Å². The van der Waals surface area contributed by atoms with E-state index in [9.17, 15) is 0 Å². The van der Waals surface area contributed by atoms with E-state index in [0.717, 1.165) is 11.8 Å². The third-order valence-corrected chi connectivity index (χ3v) is 3.73. The van der Waals surface area contributed by atoms with E-state index in [4.69, 9.17) is 0 Å². The molecular formula is C10H19N. The van der Waals surface area contributed by atoms with Crippen LogP contribution in [0.2, 0.25) is 0 Å². The molecule has 0 N–H and O–H groups in total. The fraction of sp³-hybridized carbons (Fsp3) is 1.00. The van der Waals surface area contributed by atoms with E-state index in [1.54, 1.807) is 0 Å². The van der Waals surface area contributed by atoms with Crippen LogP contribution in [0.25, 0.3) is 0 Å². The van der Waals surface area contributed by atoms with Gasteiger partial charge in [-0.25, -0.2) is 0 Å². The zero-order valence-corrected chi connectivity index (χ0v) is 7.93. The van der Waals surface area contributed by atoms with Crippen LogP contribution in [-0.4, -0.2) is 24.0 Å². The van der Waals surface area contributed by atoms with Crippen LogP contribution < -0.4 is 0 Å². The van der Waals surface area contributed by atoms with E-state index < -0.39 is 0 Å². The summed E-state index contributed by atoms with van der Waals surface area (Å²) in [6.45, 7) is 6.07. The van der Waals surface area contributed by atoms with Gasteiger partial charge in [-0.3, -0.25) is 0 Å². The Morgan fingerprint density at radius 1 is 1.36 bits per heavy atom. The zero-order chi connectivity index (χ0) is 8.06. The van der Waals surface area contributed by atoms with Gasteiger partial charge in [0.1, 0.15) is 0 Å². The van der Waals surface area contributed by atoms with Crippen LogP contribution in [0.3, 0.4) is 0 Å². The van der Waals surface area contributed by atoms with Crippen molar-refractivity contribution in [3.05, 3.63) is 0 Å². The standard InChI is InChI=1S/C10H19N/c1-8(2)9-6-10(4-5-10)11(3)7-9/h8-9H,4-7H2,1-3H3/t9-/m0/s1. The Bertz CT molecular complexity index is 158. The number of rotatable bonds is 1. The summed E-state index contributed by atoms with van der Waals surface area (Å²) in [5.41, 5.74) is 0.689. The molecule has 2 fully saturated rings. The number of likely N-dealkylation sites (tertiary alicyclic amines) is 1. The summed E-state index contributed by atoms with van der Waals surface area (Å²) in [7, 11) is 2.30. The molecule has 0 unspecified atom stereocenters. The van der Waals surface area contributed by atoms with Crippen molar-refractivity contribution in [2.24, 2.45) is 11.8 Å². The van der Waals surface area contributed by atoms with Crippen molar-refractivity contribution >= 4 is 0 Å². The Labute approximate surface area is 69.8 Å². The highest BCUT2D eigenvalue weighted by Gasteiger charge is 2.52. The fourth-order valence-corrected chi connectivity index (χ4v) is 2.43. The highest BCUT2D eigenvalue weighted by Crippen LogP contribution is 2.51. The van der Waals surface area contributed by atoms with Gasteiger partial charge in [0.05, 0.1) is 0 Å². The summed E-state index contributed by atoms with van der Waals surface area (Å²) < 4.78 is 0. The Kier molecular flexibility index (Phi) is 1.54. The minimum atomic E-state index is 0.689. The smallest absolute Gasteiger partial charge is 0.0211 e. The van der Waals surface area contributed by atoms with Crippen LogP contribution in [-0.2, 0) is 0 Å². The molecular weight excluding hydrogens is 134 g/mol. The summed E-state index contributed by atoms with van der Waals surface area (Å²) in [5, 5.41) is 0. The van der Waals surface area contributed by atoms with Crippen LogP contribution >= 0.6 is 0 Å². The minimum Gasteiger partial charge on any atom is -0.300 e. The molecule has 0 aromatic heterocycles. The van der Waals surface area contributed by atoms with Gasteiger partial charge in [0, 0.05) is 12.1 Å². The Hall–Kier alpha value is -0.0400. The molecule has 2 aliphatic rings. The van der Waals surface area contributed by atoms with Gasteiger partial charge in [0.25, 0.3) is 0 Å². The van der Waals surface area contributed by atoms with E-state index in [1.165, 1.54) is 25.8 Å². The molecule has 1 nitrogen and oxygen atoms in total. The van der Waals surface area contributed by atoms with Crippen LogP contribution in [0.15, 0.2) is 0 Å². The molecule has 1 saturated heterocycles. The molecule has 1 saturated carbocycles. The van der Waals surface area contributed by atoms with Crippen molar-refractivity contribution in [2.45, 2.75) is 38.6 Å². The largest absolute Gasteiger partial charge is 0.300 e. The van der Waals surface area contributed by atoms with Crippen molar-refractivity contribution in [3.8, 4) is 0 Å². The Balaban J connectivity index is 2.01. The SMILES string of the molecule is CC(C)[C@@H]1CN(C)C2(CC2)C1. The average molecular weight is 153 g/mol. The van der Waals surface area contributed by atoms with Gasteiger partial charge >= 0.3 is 0 Å². The van der Waals surface area contributed by atoms with Crippen LogP contribution in [0.5, 0.6) is 0 Å². The van der Waals surface area contributed by atoms with Crippen LogP contribution in [0.1, 0.15) is 33.1 Å². The molecule has 0 radical (unpaired) electrons. The summed E-state index contributed by atoms with van der Waals surface area (Å²) >= 11 is 0. The molecule has 1 heteroatoms. The molecule has 2 rings (SSSR count). The third-order valence-electron chi connectivity index (χ3n) is 3.73. The second kappa shape index (κ2) is 2.22. The Morgan fingerprint density at radius 3 is 2.27 bits per heavy atom. The first kappa shape index (κ1) is 7.60. The lowest BCUT2D eigenvalue weighted by Crippen LogP contribution is -2.26. The van der Waals surface area contributed by atoms with Crippen LogP contribution in [0.4, 0.5) is 0 Å². The highest BCUT2D eigenvalue weighted by atomic mass is 15.2. The average Bonchev–Trinajstić information content (AvgIpc) is 2.59. The lowest BCUT2D eigenvalue weighted by Gasteiger charge is -2.16. The molecule has 1 heterocycles. The number of hydrogen-bond acceptors (Lipinski definition) is 1. The summed E-state index contributed by atoms with van der Waals surface area (Å²) in [6.07, 6.45) is 4.40. The summed E-state index contributed by atoms with van der Waals surface area (Å²) in [6, 6.07) is 0. The molecule has 64 valence electrons. The second-order valence-corrected chi connectivity index (χ2v) is 4.81. The number of hydrogen-bond donors (Lipinski definition) is 0. The molecule has 11 heavy (non-hydrogen) atoms. The van der Waals surface area contributed by atoms with Gasteiger partial charge in [-0.05, 0) is 38.1 Å². The first-order valence-corrected chi connectivity index (χ1v) is 4.85. The third kappa shape index (κ3) is 1.10. The van der Waals surface area contributed by atoms with Crippen molar-refractivity contribution < 1.29 is 0 Å². The Morgan fingerprint density at radius 2 is 2.00 bits per heavy atom. The van der Waals surface area contributed by atoms with Crippen molar-refractivity contribution in [3.63, 3.8) is 0 Å². The lowest BCUT2D eigenvalue weighted by atomic mass is 9.93. The van der Waals surface area contributed by atoms with Crippen molar-refractivity contribution in [2.75, 3.05) is 13.6 Å². The van der Waals surface area contributed by atoms with E-state index in [2.05, 4.69) is 25.8 Å². The predicted octanol–water partition coefficient (Wildman–Crippen LogP) is 2.13. The second-order valence-electron chi connectivity index (χ2n) is 4.81. The molecule has 0 aromatic rings. The predicted molar refractivity (Wildman–Crippen MR) is 47.5 cm³/mol. The molecule has 1 aliphatic heterocycles. The van der Waals surface area contributed by atoms with E-state index in [0.29, 0.717) is 5.54 Å². The van der Waals surface area contributed by atoms with Crippen LogP contribution in [0, 0.1) is 11.8 Å². The quantitative estimate of drug-likeness (QED) is 0.558. The van der Waals surface area contributed by atoms with Gasteiger partial charge < -0.3 is 4.90 Å². The molecule has 1 aliphatic carbocycles. The lowest BCUT2D eigenvalue weighted by molar-refractivity contribution is 0.285. The zero-order valence-electron chi connectivity index (χ0n) is 7.93.